The van der Waals surface area contributed by atoms with Gasteiger partial charge in [-0.05, 0) is 46.8 Å². The average Bonchev–Trinajstić information content (AvgIpc) is 2.42. The zero-order valence-corrected chi connectivity index (χ0v) is 9.74. The third kappa shape index (κ3) is 2.65. The Morgan fingerprint density at radius 2 is 1.21 bits per heavy atom. The highest BCUT2D eigenvalue weighted by molar-refractivity contribution is 5.64. The highest BCUT2D eigenvalue weighted by Gasteiger charge is 2.10. The van der Waals surface area contributed by atoms with E-state index in [2.05, 4.69) is 10.4 Å². The summed E-state index contributed by atoms with van der Waals surface area (Å²) in [6.07, 6.45) is 0. The van der Waals surface area contributed by atoms with Crippen molar-refractivity contribution in [3.63, 3.8) is 0 Å². The van der Waals surface area contributed by atoms with E-state index in [-0.39, 0.29) is 22.9 Å². The van der Waals surface area contributed by atoms with Gasteiger partial charge < -0.3 is 16.2 Å². The topological polar surface area (TPSA) is 120 Å². The molecule has 0 heterocycles. The van der Waals surface area contributed by atoms with E-state index in [1.165, 1.54) is 24.3 Å². The Hall–Kier alpha value is -2.96. The van der Waals surface area contributed by atoms with Gasteiger partial charge in [0, 0.05) is 11.4 Å². The van der Waals surface area contributed by atoms with Crippen LogP contribution in [0.4, 0.5) is 22.7 Å². The fourth-order valence-corrected chi connectivity index (χ4v) is 1.50. The summed E-state index contributed by atoms with van der Waals surface area (Å²) in [6, 6.07) is 8.81. The van der Waals surface area contributed by atoms with Crippen LogP contribution in [-0.4, -0.2) is 0 Å². The molecule has 19 heavy (non-hydrogen) atoms. The molecule has 0 aliphatic carbocycles. The number of hydrogen-bond acceptors (Lipinski definition) is 7. The number of nitrogen functional groups attached to an aromatic ring is 2. The summed E-state index contributed by atoms with van der Waals surface area (Å²) in [7, 11) is 0. The standard InChI is InChI=1S/C12H10N4O3/c13-7-1-3-11(9(5-7)15-17)19-12-4-2-8(14)6-10(12)16-18/h1-6H,13-14H2. The van der Waals surface area contributed by atoms with Crippen LogP contribution in [0.15, 0.2) is 46.8 Å². The van der Waals surface area contributed by atoms with Crippen molar-refractivity contribution in [1.82, 2.24) is 0 Å². The van der Waals surface area contributed by atoms with Crippen molar-refractivity contribution in [2.24, 2.45) is 10.4 Å². The van der Waals surface area contributed by atoms with Gasteiger partial charge >= 0.3 is 0 Å². The summed E-state index contributed by atoms with van der Waals surface area (Å²) < 4.78 is 5.43. The van der Waals surface area contributed by atoms with Gasteiger partial charge in [0.1, 0.15) is 0 Å². The summed E-state index contributed by atoms with van der Waals surface area (Å²) >= 11 is 0. The molecule has 0 unspecified atom stereocenters. The molecule has 96 valence electrons. The lowest BCUT2D eigenvalue weighted by atomic mass is 10.2. The van der Waals surface area contributed by atoms with Crippen LogP contribution in [0.2, 0.25) is 0 Å². The average molecular weight is 258 g/mol. The molecule has 2 aromatic carbocycles. The first-order valence-corrected chi connectivity index (χ1v) is 5.27. The molecule has 0 radical (unpaired) electrons. The Morgan fingerprint density at radius 1 is 0.789 bits per heavy atom. The van der Waals surface area contributed by atoms with E-state index >= 15 is 0 Å². The van der Waals surface area contributed by atoms with Gasteiger partial charge in [-0.25, -0.2) is 0 Å². The molecule has 0 aliphatic heterocycles. The maximum Gasteiger partial charge on any atom is 0.156 e. The minimum absolute atomic E-state index is 0.0358. The zero-order valence-electron chi connectivity index (χ0n) is 9.74. The minimum atomic E-state index is 0.0358. The van der Waals surface area contributed by atoms with Crippen molar-refractivity contribution in [2.75, 3.05) is 11.5 Å². The third-order valence-electron chi connectivity index (χ3n) is 2.38. The van der Waals surface area contributed by atoms with Crippen molar-refractivity contribution in [1.29, 1.82) is 0 Å². The Morgan fingerprint density at radius 3 is 1.58 bits per heavy atom. The van der Waals surface area contributed by atoms with Crippen LogP contribution >= 0.6 is 0 Å². The normalized spacial score (nSPS) is 9.89. The predicted octanol–water partition coefficient (Wildman–Crippen LogP) is 3.44. The van der Waals surface area contributed by atoms with E-state index < -0.39 is 0 Å². The number of hydrogen-bond donors (Lipinski definition) is 2. The number of benzene rings is 2. The molecule has 0 aromatic heterocycles. The summed E-state index contributed by atoms with van der Waals surface area (Å²) in [4.78, 5) is 21.4. The molecule has 0 saturated carbocycles. The second-order valence-electron chi connectivity index (χ2n) is 3.74. The Kier molecular flexibility index (Phi) is 3.37. The Balaban J connectivity index is 2.41. The second kappa shape index (κ2) is 5.13. The Bertz CT molecular complexity index is 587. The highest BCUT2D eigenvalue weighted by atomic mass is 16.5. The van der Waals surface area contributed by atoms with Crippen molar-refractivity contribution in [3.8, 4) is 11.5 Å². The summed E-state index contributed by atoms with van der Waals surface area (Å²) in [5.74, 6) is 0.359. The molecule has 4 N–H and O–H groups in total. The van der Waals surface area contributed by atoms with E-state index in [0.717, 1.165) is 0 Å². The van der Waals surface area contributed by atoms with Crippen LogP contribution < -0.4 is 16.2 Å². The molecule has 0 saturated heterocycles. The van der Waals surface area contributed by atoms with Crippen molar-refractivity contribution in [3.05, 3.63) is 46.2 Å². The van der Waals surface area contributed by atoms with Crippen molar-refractivity contribution < 1.29 is 4.74 Å². The molecule has 2 rings (SSSR count). The lowest BCUT2D eigenvalue weighted by Crippen LogP contribution is -1.90. The quantitative estimate of drug-likeness (QED) is 0.642. The smallest absolute Gasteiger partial charge is 0.156 e. The van der Waals surface area contributed by atoms with Gasteiger partial charge in [0.2, 0.25) is 0 Å². The van der Waals surface area contributed by atoms with Gasteiger partial charge in [-0.1, -0.05) is 0 Å². The fraction of sp³-hybridized carbons (Fsp3) is 0. The molecule has 7 nitrogen and oxygen atoms in total. The molecule has 0 bridgehead atoms. The maximum atomic E-state index is 10.7. The van der Waals surface area contributed by atoms with Gasteiger partial charge in [-0.3, -0.25) is 0 Å². The van der Waals surface area contributed by atoms with E-state index in [9.17, 15) is 9.81 Å². The van der Waals surface area contributed by atoms with Crippen LogP contribution in [0.1, 0.15) is 0 Å². The molecule has 2 aromatic rings. The SMILES string of the molecule is Nc1ccc(Oc2ccc(N)cc2N=O)c(N=O)c1. The van der Waals surface area contributed by atoms with Gasteiger partial charge in [0.15, 0.2) is 22.9 Å². The molecule has 0 atom stereocenters. The highest BCUT2D eigenvalue weighted by Crippen LogP contribution is 2.38. The van der Waals surface area contributed by atoms with Gasteiger partial charge in [0.05, 0.1) is 0 Å². The number of nitroso groups, excluding NO2 is 2. The lowest BCUT2D eigenvalue weighted by molar-refractivity contribution is 0.485. The molecule has 0 amide bonds. The van der Waals surface area contributed by atoms with E-state index in [4.69, 9.17) is 16.2 Å². The van der Waals surface area contributed by atoms with Gasteiger partial charge in [-0.2, -0.15) is 0 Å². The van der Waals surface area contributed by atoms with E-state index in [1.807, 2.05) is 0 Å². The molecule has 0 spiro atoms. The second-order valence-corrected chi connectivity index (χ2v) is 3.74. The summed E-state index contributed by atoms with van der Waals surface area (Å²) in [6.45, 7) is 0. The third-order valence-corrected chi connectivity index (χ3v) is 2.38. The first-order valence-electron chi connectivity index (χ1n) is 5.27. The molecule has 0 fully saturated rings. The van der Waals surface area contributed by atoms with Crippen LogP contribution in [0.3, 0.4) is 0 Å². The number of ether oxygens (including phenoxy) is 1. The predicted molar refractivity (Wildman–Crippen MR) is 72.7 cm³/mol. The van der Waals surface area contributed by atoms with Gasteiger partial charge in [0.25, 0.3) is 0 Å². The lowest BCUT2D eigenvalue weighted by Gasteiger charge is -2.09. The molecule has 7 heteroatoms. The largest absolute Gasteiger partial charge is 0.453 e. The zero-order chi connectivity index (χ0) is 13.8. The number of nitrogens with zero attached hydrogens (tertiary/aromatic N) is 2. The monoisotopic (exact) mass is 258 g/mol. The number of nitrogens with two attached hydrogens (primary N) is 2. The summed E-state index contributed by atoms with van der Waals surface area (Å²) in [5.41, 5.74) is 11.9. The first kappa shape index (κ1) is 12.5. The molecule has 0 aliphatic rings. The molecular weight excluding hydrogens is 248 g/mol. The van der Waals surface area contributed by atoms with Crippen LogP contribution in [0.25, 0.3) is 0 Å². The van der Waals surface area contributed by atoms with Crippen LogP contribution in [-0.2, 0) is 0 Å². The number of rotatable bonds is 4. The van der Waals surface area contributed by atoms with Crippen molar-refractivity contribution >= 4 is 22.7 Å². The summed E-state index contributed by atoms with van der Waals surface area (Å²) in [5, 5.41) is 5.62. The first-order chi connectivity index (χ1) is 9.13. The van der Waals surface area contributed by atoms with Gasteiger partial charge in [-0.15, -0.1) is 9.81 Å². The van der Waals surface area contributed by atoms with Crippen LogP contribution in [0, 0.1) is 9.81 Å². The van der Waals surface area contributed by atoms with Crippen molar-refractivity contribution in [2.45, 2.75) is 0 Å². The van der Waals surface area contributed by atoms with Crippen LogP contribution in [0.5, 0.6) is 11.5 Å². The minimum Gasteiger partial charge on any atom is -0.453 e. The maximum absolute atomic E-state index is 10.7. The number of anilines is 2. The molecular formula is C12H10N4O3. The fourth-order valence-electron chi connectivity index (χ4n) is 1.50. The van der Waals surface area contributed by atoms with E-state index in [1.54, 1.807) is 12.1 Å². The van der Waals surface area contributed by atoms with E-state index in [0.29, 0.717) is 11.4 Å². The Labute approximate surface area is 108 Å².